The van der Waals surface area contributed by atoms with Crippen LogP contribution in [0.5, 0.6) is 0 Å². The Balaban J connectivity index is 0.000000176. The molecule has 2 heterocycles. The number of aryl methyl sites for hydroxylation is 2. The normalized spacial score (nSPS) is 11.5. The van der Waals surface area contributed by atoms with Gasteiger partial charge in [-0.1, -0.05) is 0 Å². The zero-order valence-electron chi connectivity index (χ0n) is 14.8. The smallest absolute Gasteiger partial charge is 0.361 e. The van der Waals surface area contributed by atoms with Gasteiger partial charge >= 0.3 is 6.18 Å². The monoisotopic (exact) mass is 394 g/mol. The van der Waals surface area contributed by atoms with Crippen LogP contribution in [0.2, 0.25) is 0 Å². The van der Waals surface area contributed by atoms with Crippen LogP contribution in [0.4, 0.5) is 22.0 Å². The van der Waals surface area contributed by atoms with E-state index in [1.54, 1.807) is 13.0 Å². The van der Waals surface area contributed by atoms with Crippen LogP contribution >= 0.6 is 0 Å². The van der Waals surface area contributed by atoms with E-state index in [0.717, 1.165) is 23.2 Å². The number of hydrogen-bond acceptors (Lipinski definition) is 1. The van der Waals surface area contributed by atoms with E-state index in [4.69, 9.17) is 0 Å². The predicted molar refractivity (Wildman–Crippen MR) is 96.4 cm³/mol. The molecule has 0 fully saturated rings. The first-order chi connectivity index (χ1) is 13.1. The number of aromatic nitrogens is 2. The molecule has 0 atom stereocenters. The standard InChI is InChI=1S/C11H7F4NO.C9H8FN/c1-5-2-9-6(3-8(5)12)7(4-16-9)10(17)11(13,14)15;1-6-4-9-7(2-3-11-9)5-8(6)10/h2-4,16H,1H3;2-5,11H,1H3. The number of fused-ring (bicyclic) bond motifs is 2. The summed E-state index contributed by atoms with van der Waals surface area (Å²) in [6.45, 7) is 3.25. The van der Waals surface area contributed by atoms with Crippen molar-refractivity contribution in [3.8, 4) is 0 Å². The SMILES string of the molecule is Cc1cc2[nH]cc(C(=O)C(F)(F)F)c2cc1F.Cc1cc2[nH]ccc2cc1F. The Labute approximate surface area is 156 Å². The minimum atomic E-state index is -4.96. The molecule has 0 spiro atoms. The van der Waals surface area contributed by atoms with Gasteiger partial charge < -0.3 is 9.97 Å². The molecule has 0 unspecified atom stereocenters. The summed E-state index contributed by atoms with van der Waals surface area (Å²) in [6, 6.07) is 7.50. The van der Waals surface area contributed by atoms with Crippen LogP contribution in [-0.4, -0.2) is 21.9 Å². The largest absolute Gasteiger partial charge is 0.454 e. The van der Waals surface area contributed by atoms with E-state index >= 15 is 0 Å². The highest BCUT2D eigenvalue weighted by molar-refractivity contribution is 6.10. The van der Waals surface area contributed by atoms with Crippen LogP contribution in [0.3, 0.4) is 0 Å². The molecule has 0 radical (unpaired) electrons. The summed E-state index contributed by atoms with van der Waals surface area (Å²) in [5, 5.41) is 0.864. The van der Waals surface area contributed by atoms with Gasteiger partial charge in [0.25, 0.3) is 5.78 Å². The van der Waals surface area contributed by atoms with E-state index in [9.17, 15) is 26.7 Å². The molecular formula is C20H15F5N2O. The minimum Gasteiger partial charge on any atom is -0.361 e. The summed E-state index contributed by atoms with van der Waals surface area (Å²) in [5.74, 6) is -2.77. The second-order valence-corrected chi connectivity index (χ2v) is 6.34. The van der Waals surface area contributed by atoms with Crippen molar-refractivity contribution in [1.29, 1.82) is 0 Å². The lowest BCUT2D eigenvalue weighted by atomic mass is 10.1. The molecule has 2 aromatic carbocycles. The number of carbonyl (C=O) groups excluding carboxylic acids is 1. The number of nitrogens with one attached hydrogen (secondary N) is 2. The first-order valence-electron chi connectivity index (χ1n) is 8.20. The highest BCUT2D eigenvalue weighted by atomic mass is 19.4. The van der Waals surface area contributed by atoms with Gasteiger partial charge in [-0.05, 0) is 55.3 Å². The summed E-state index contributed by atoms with van der Waals surface area (Å²) in [6.07, 6.45) is -2.21. The van der Waals surface area contributed by atoms with Crippen molar-refractivity contribution >= 4 is 27.6 Å². The first kappa shape index (κ1) is 19.6. The van der Waals surface area contributed by atoms with Crippen LogP contribution in [0.15, 0.2) is 42.7 Å². The Morgan fingerprint density at radius 3 is 2.14 bits per heavy atom. The predicted octanol–water partition coefficient (Wildman–Crippen LogP) is 5.98. The molecule has 0 amide bonds. The van der Waals surface area contributed by atoms with Crippen LogP contribution in [0.1, 0.15) is 21.5 Å². The number of Topliss-reactive ketones (excluding diaryl/α,β-unsaturated/α-hetero) is 1. The molecular weight excluding hydrogens is 379 g/mol. The van der Waals surface area contributed by atoms with Crippen molar-refractivity contribution in [2.24, 2.45) is 0 Å². The third kappa shape index (κ3) is 3.76. The van der Waals surface area contributed by atoms with E-state index in [0.29, 0.717) is 16.6 Å². The molecule has 0 aliphatic heterocycles. The van der Waals surface area contributed by atoms with Gasteiger partial charge in [-0.2, -0.15) is 13.2 Å². The summed E-state index contributed by atoms with van der Waals surface area (Å²) in [5.41, 5.74) is 1.71. The third-order valence-corrected chi connectivity index (χ3v) is 4.30. The van der Waals surface area contributed by atoms with Crippen LogP contribution < -0.4 is 0 Å². The fourth-order valence-corrected chi connectivity index (χ4v) is 2.77. The molecule has 3 nitrogen and oxygen atoms in total. The molecule has 0 saturated heterocycles. The second-order valence-electron chi connectivity index (χ2n) is 6.34. The number of ketones is 1. The average Bonchev–Trinajstić information content (AvgIpc) is 3.21. The van der Waals surface area contributed by atoms with Gasteiger partial charge in [0.05, 0.1) is 5.56 Å². The first-order valence-corrected chi connectivity index (χ1v) is 8.20. The van der Waals surface area contributed by atoms with Gasteiger partial charge in [0.1, 0.15) is 11.6 Å². The number of alkyl halides is 3. The number of rotatable bonds is 1. The Bertz CT molecular complexity index is 1130. The molecule has 146 valence electrons. The molecule has 0 aliphatic rings. The topological polar surface area (TPSA) is 48.6 Å². The fraction of sp³-hybridized carbons (Fsp3) is 0.150. The third-order valence-electron chi connectivity index (χ3n) is 4.30. The van der Waals surface area contributed by atoms with Crippen molar-refractivity contribution in [3.05, 3.63) is 71.1 Å². The lowest BCUT2D eigenvalue weighted by Crippen LogP contribution is -2.22. The number of aromatic amines is 2. The molecule has 0 aliphatic carbocycles. The highest BCUT2D eigenvalue weighted by Gasteiger charge is 2.40. The Hall–Kier alpha value is -3.16. The summed E-state index contributed by atoms with van der Waals surface area (Å²) in [7, 11) is 0. The number of hydrogen-bond donors (Lipinski definition) is 2. The Kier molecular flexibility index (Phi) is 4.97. The van der Waals surface area contributed by atoms with Crippen molar-refractivity contribution in [2.45, 2.75) is 20.0 Å². The van der Waals surface area contributed by atoms with Crippen molar-refractivity contribution in [2.75, 3.05) is 0 Å². The number of benzene rings is 2. The van der Waals surface area contributed by atoms with E-state index in [1.807, 2.05) is 18.3 Å². The summed E-state index contributed by atoms with van der Waals surface area (Å²) in [4.78, 5) is 16.6. The zero-order chi connectivity index (χ0) is 20.6. The number of halogens is 5. The molecule has 4 rings (SSSR count). The molecule has 0 bridgehead atoms. The van der Waals surface area contributed by atoms with Crippen molar-refractivity contribution < 1.29 is 26.7 Å². The quantitative estimate of drug-likeness (QED) is 0.303. The highest BCUT2D eigenvalue weighted by Crippen LogP contribution is 2.28. The van der Waals surface area contributed by atoms with Crippen LogP contribution in [-0.2, 0) is 0 Å². The second kappa shape index (κ2) is 7.10. The van der Waals surface area contributed by atoms with E-state index in [2.05, 4.69) is 9.97 Å². The number of carbonyl (C=O) groups is 1. The van der Waals surface area contributed by atoms with Crippen molar-refractivity contribution in [1.82, 2.24) is 9.97 Å². The van der Waals surface area contributed by atoms with Crippen LogP contribution in [0.25, 0.3) is 21.8 Å². The Morgan fingerprint density at radius 2 is 1.50 bits per heavy atom. The van der Waals surface area contributed by atoms with Crippen molar-refractivity contribution in [3.63, 3.8) is 0 Å². The molecule has 28 heavy (non-hydrogen) atoms. The maximum absolute atomic E-state index is 13.3. The van der Waals surface area contributed by atoms with Gasteiger partial charge in [0, 0.05) is 34.2 Å². The maximum atomic E-state index is 13.3. The van der Waals surface area contributed by atoms with E-state index < -0.39 is 23.3 Å². The van der Waals surface area contributed by atoms with Gasteiger partial charge in [0.15, 0.2) is 0 Å². The van der Waals surface area contributed by atoms with E-state index in [1.165, 1.54) is 13.0 Å². The van der Waals surface area contributed by atoms with Gasteiger partial charge in [0.2, 0.25) is 0 Å². The molecule has 8 heteroatoms. The maximum Gasteiger partial charge on any atom is 0.454 e. The minimum absolute atomic E-state index is 0.0598. The van der Waals surface area contributed by atoms with Gasteiger partial charge in [-0.3, -0.25) is 4.79 Å². The van der Waals surface area contributed by atoms with Gasteiger partial charge in [-0.15, -0.1) is 0 Å². The fourth-order valence-electron chi connectivity index (χ4n) is 2.77. The number of H-pyrrole nitrogens is 2. The summed E-state index contributed by atoms with van der Waals surface area (Å²) < 4.78 is 63.0. The lowest BCUT2D eigenvalue weighted by Gasteiger charge is -2.03. The van der Waals surface area contributed by atoms with Crippen LogP contribution in [0, 0.1) is 25.5 Å². The molecule has 2 N–H and O–H groups in total. The Morgan fingerprint density at radius 1 is 0.893 bits per heavy atom. The lowest BCUT2D eigenvalue weighted by molar-refractivity contribution is -0.0884. The molecule has 0 saturated carbocycles. The average molecular weight is 394 g/mol. The zero-order valence-corrected chi connectivity index (χ0v) is 14.8. The summed E-state index contributed by atoms with van der Waals surface area (Å²) >= 11 is 0. The molecule has 2 aromatic heterocycles. The van der Waals surface area contributed by atoms with Gasteiger partial charge in [-0.25, -0.2) is 8.78 Å². The molecule has 4 aromatic rings. The van der Waals surface area contributed by atoms with E-state index in [-0.39, 0.29) is 11.2 Å².